The highest BCUT2D eigenvalue weighted by molar-refractivity contribution is 7.92. The van der Waals surface area contributed by atoms with Gasteiger partial charge in [-0.1, -0.05) is 23.7 Å². The minimum Gasteiger partial charge on any atom is -0.489 e. The van der Waals surface area contributed by atoms with Gasteiger partial charge in [0.05, 0.1) is 33.8 Å². The molecule has 3 aromatic rings. The maximum absolute atomic E-state index is 13.0. The molecule has 234 valence electrons. The number of aryl methyl sites for hydroxylation is 1. The minimum atomic E-state index is -3.53. The summed E-state index contributed by atoms with van der Waals surface area (Å²) in [6, 6.07) is 11.7. The second-order valence-electron chi connectivity index (χ2n) is 11.7. The van der Waals surface area contributed by atoms with Crippen molar-refractivity contribution in [2.45, 2.75) is 75.7 Å². The zero-order valence-electron chi connectivity index (χ0n) is 25.4. The lowest BCUT2D eigenvalue weighted by atomic mass is 9.85. The zero-order valence-corrected chi connectivity index (χ0v) is 27.7. The van der Waals surface area contributed by atoms with E-state index in [4.69, 9.17) is 16.3 Å². The molecule has 0 unspecified atom stereocenters. The standard InChI is InChI=1S/C31H41ClN6O3S.ClH/c1-19(2)41-28-15-24(22-10-12-38(13-11-22)23-16-33-17-23)21(5)14-27(28)36-31-34-18-25(32)30(37-31)35-26-8-6-7-9-29(26)42(39,40)20(3)4;/h6-9,14-15,18-20,22-23,33H,10-13,16-17H2,1-5H3,(H2,34,35,36,37);1H. The molecule has 3 heterocycles. The van der Waals surface area contributed by atoms with E-state index in [-0.39, 0.29) is 28.4 Å². The maximum atomic E-state index is 13.0. The summed E-state index contributed by atoms with van der Waals surface area (Å²) < 4.78 is 32.2. The van der Waals surface area contributed by atoms with Gasteiger partial charge in [0.15, 0.2) is 15.7 Å². The molecule has 0 amide bonds. The molecular weight excluding hydrogens is 607 g/mol. The number of piperidine rings is 1. The number of para-hydroxylation sites is 1. The molecule has 5 rings (SSSR count). The fourth-order valence-electron chi connectivity index (χ4n) is 5.53. The van der Waals surface area contributed by atoms with Crippen LogP contribution in [0.3, 0.4) is 0 Å². The summed E-state index contributed by atoms with van der Waals surface area (Å²) in [7, 11) is -3.53. The van der Waals surface area contributed by atoms with Gasteiger partial charge in [-0.3, -0.25) is 4.90 Å². The molecule has 0 saturated carbocycles. The number of hydrogen-bond donors (Lipinski definition) is 3. The number of halogens is 2. The first-order valence-corrected chi connectivity index (χ1v) is 16.6. The Balaban J connectivity index is 0.00000423. The molecule has 2 aliphatic rings. The lowest BCUT2D eigenvalue weighted by Crippen LogP contribution is -2.58. The Kier molecular flexibility index (Phi) is 10.8. The molecule has 12 heteroatoms. The van der Waals surface area contributed by atoms with Gasteiger partial charge < -0.3 is 20.7 Å². The Bertz CT molecular complexity index is 1520. The Morgan fingerprint density at radius 1 is 1.05 bits per heavy atom. The van der Waals surface area contributed by atoms with Gasteiger partial charge in [-0.25, -0.2) is 13.4 Å². The average molecular weight is 650 g/mol. The Labute approximate surface area is 266 Å². The van der Waals surface area contributed by atoms with Gasteiger partial charge in [-0.15, -0.1) is 12.4 Å². The van der Waals surface area contributed by atoms with Gasteiger partial charge in [0, 0.05) is 19.1 Å². The molecule has 2 saturated heterocycles. The summed E-state index contributed by atoms with van der Waals surface area (Å²) in [5, 5.41) is 9.52. The second kappa shape index (κ2) is 14.0. The highest BCUT2D eigenvalue weighted by Gasteiger charge is 2.30. The van der Waals surface area contributed by atoms with Crippen molar-refractivity contribution in [1.29, 1.82) is 0 Å². The highest BCUT2D eigenvalue weighted by atomic mass is 35.5. The molecule has 9 nitrogen and oxygen atoms in total. The van der Waals surface area contributed by atoms with E-state index in [1.165, 1.54) is 17.3 Å². The smallest absolute Gasteiger partial charge is 0.229 e. The van der Waals surface area contributed by atoms with Crippen LogP contribution >= 0.6 is 24.0 Å². The lowest BCUT2D eigenvalue weighted by Gasteiger charge is -2.42. The van der Waals surface area contributed by atoms with Crippen molar-refractivity contribution in [3.63, 3.8) is 0 Å². The van der Waals surface area contributed by atoms with Crippen molar-refractivity contribution in [2.75, 3.05) is 36.8 Å². The summed E-state index contributed by atoms with van der Waals surface area (Å²) in [5.74, 6) is 1.85. The summed E-state index contributed by atoms with van der Waals surface area (Å²) >= 11 is 6.46. The molecule has 0 aliphatic carbocycles. The Morgan fingerprint density at radius 3 is 2.37 bits per heavy atom. The monoisotopic (exact) mass is 648 g/mol. The molecule has 2 aromatic carbocycles. The highest BCUT2D eigenvalue weighted by Crippen LogP contribution is 2.39. The van der Waals surface area contributed by atoms with Crippen LogP contribution in [0.5, 0.6) is 5.75 Å². The molecule has 0 bridgehead atoms. The number of ether oxygens (including phenoxy) is 1. The van der Waals surface area contributed by atoms with Crippen molar-refractivity contribution in [2.24, 2.45) is 0 Å². The third-order valence-electron chi connectivity index (χ3n) is 8.03. The topological polar surface area (TPSA) is 108 Å². The van der Waals surface area contributed by atoms with Crippen molar-refractivity contribution in [1.82, 2.24) is 20.2 Å². The van der Waals surface area contributed by atoms with E-state index in [0.29, 0.717) is 29.4 Å². The number of anilines is 4. The summed E-state index contributed by atoms with van der Waals surface area (Å²) in [6.45, 7) is 13.9. The van der Waals surface area contributed by atoms with Gasteiger partial charge in [0.25, 0.3) is 0 Å². The normalized spacial score (nSPS) is 16.6. The molecule has 0 atom stereocenters. The molecular formula is C31H42Cl2N6O3S. The lowest BCUT2D eigenvalue weighted by molar-refractivity contribution is 0.113. The van der Waals surface area contributed by atoms with Crippen LogP contribution in [0.2, 0.25) is 5.02 Å². The van der Waals surface area contributed by atoms with E-state index in [1.807, 2.05) is 13.8 Å². The average Bonchev–Trinajstić information content (AvgIpc) is 2.91. The number of benzene rings is 2. The van der Waals surface area contributed by atoms with Crippen LogP contribution in [0.15, 0.2) is 47.5 Å². The first-order chi connectivity index (χ1) is 20.0. The summed E-state index contributed by atoms with van der Waals surface area (Å²) in [4.78, 5) is 11.8. The van der Waals surface area contributed by atoms with E-state index in [1.54, 1.807) is 38.1 Å². The molecule has 2 aliphatic heterocycles. The Morgan fingerprint density at radius 2 is 1.74 bits per heavy atom. The largest absolute Gasteiger partial charge is 0.489 e. The minimum absolute atomic E-state index is 0. The van der Waals surface area contributed by atoms with Crippen molar-refractivity contribution < 1.29 is 13.2 Å². The van der Waals surface area contributed by atoms with Crippen LogP contribution in [-0.4, -0.2) is 66.9 Å². The quantitative estimate of drug-likeness (QED) is 0.228. The van der Waals surface area contributed by atoms with Gasteiger partial charge in [-0.05, 0) is 102 Å². The van der Waals surface area contributed by atoms with Crippen molar-refractivity contribution in [3.8, 4) is 5.75 Å². The van der Waals surface area contributed by atoms with Crippen molar-refractivity contribution in [3.05, 3.63) is 58.7 Å². The SMILES string of the molecule is Cc1cc(Nc2ncc(Cl)c(Nc3ccccc3S(=O)(=O)C(C)C)n2)c(OC(C)C)cc1C1CCN(C2CNC2)CC1.Cl. The molecule has 0 radical (unpaired) electrons. The predicted octanol–water partition coefficient (Wildman–Crippen LogP) is 6.47. The van der Waals surface area contributed by atoms with Crippen molar-refractivity contribution >= 4 is 57.0 Å². The number of hydrogen-bond acceptors (Lipinski definition) is 9. The van der Waals surface area contributed by atoms with Gasteiger partial charge in [-0.2, -0.15) is 4.98 Å². The summed E-state index contributed by atoms with van der Waals surface area (Å²) in [6.07, 6.45) is 3.74. The first kappa shape index (κ1) is 33.3. The summed E-state index contributed by atoms with van der Waals surface area (Å²) in [5.41, 5.74) is 3.68. The number of nitrogens with one attached hydrogen (secondary N) is 3. The van der Waals surface area contributed by atoms with E-state index >= 15 is 0 Å². The van der Waals surface area contributed by atoms with Crippen LogP contribution in [-0.2, 0) is 9.84 Å². The molecule has 43 heavy (non-hydrogen) atoms. The Hall–Kier alpha value is -2.63. The predicted molar refractivity (Wildman–Crippen MR) is 177 cm³/mol. The molecule has 1 aromatic heterocycles. The number of nitrogens with zero attached hydrogens (tertiary/aromatic N) is 3. The van der Waals surface area contributed by atoms with Crippen LogP contribution in [0.4, 0.5) is 23.1 Å². The fourth-order valence-corrected chi connectivity index (χ4v) is 6.87. The molecule has 2 fully saturated rings. The van der Waals surface area contributed by atoms with Crippen LogP contribution < -0.4 is 20.7 Å². The van der Waals surface area contributed by atoms with E-state index < -0.39 is 15.1 Å². The van der Waals surface area contributed by atoms with E-state index in [9.17, 15) is 8.42 Å². The number of likely N-dealkylation sites (tertiary alicyclic amines) is 1. The molecule has 3 N–H and O–H groups in total. The van der Waals surface area contributed by atoms with Crippen LogP contribution in [0.1, 0.15) is 57.6 Å². The number of aromatic nitrogens is 2. The third kappa shape index (κ3) is 7.54. The van der Waals surface area contributed by atoms with E-state index in [0.717, 1.165) is 50.5 Å². The zero-order chi connectivity index (χ0) is 30.0. The first-order valence-electron chi connectivity index (χ1n) is 14.7. The van der Waals surface area contributed by atoms with Gasteiger partial charge in [0.1, 0.15) is 10.8 Å². The van der Waals surface area contributed by atoms with Crippen LogP contribution in [0.25, 0.3) is 0 Å². The third-order valence-corrected chi connectivity index (χ3v) is 10.5. The molecule has 0 spiro atoms. The van der Waals surface area contributed by atoms with Gasteiger partial charge >= 0.3 is 0 Å². The number of sulfone groups is 1. The van der Waals surface area contributed by atoms with Crippen LogP contribution in [0, 0.1) is 6.92 Å². The fraction of sp³-hybridized carbons (Fsp3) is 0.484. The number of rotatable bonds is 10. The second-order valence-corrected chi connectivity index (χ2v) is 14.6. The van der Waals surface area contributed by atoms with Gasteiger partial charge in [0.2, 0.25) is 5.95 Å². The van der Waals surface area contributed by atoms with E-state index in [2.05, 4.69) is 49.9 Å². The maximum Gasteiger partial charge on any atom is 0.229 e.